The lowest BCUT2D eigenvalue weighted by molar-refractivity contribution is -0.173. The number of aryl methyl sites for hydroxylation is 2. The van der Waals surface area contributed by atoms with Gasteiger partial charge in [0.25, 0.3) is 0 Å². The molecule has 1 aromatic heterocycles. The summed E-state index contributed by atoms with van der Waals surface area (Å²) in [4.78, 5) is 15.2. The van der Waals surface area contributed by atoms with Crippen LogP contribution in [-0.2, 0) is 22.0 Å². The highest BCUT2D eigenvalue weighted by molar-refractivity contribution is 5.86. The Bertz CT molecular complexity index is 1100. The molecule has 144 valence electrons. The van der Waals surface area contributed by atoms with Gasteiger partial charge in [-0.15, -0.1) is 0 Å². The van der Waals surface area contributed by atoms with Crippen molar-refractivity contribution in [3.05, 3.63) is 70.2 Å². The molecule has 0 saturated heterocycles. The van der Waals surface area contributed by atoms with Crippen LogP contribution in [0.25, 0.3) is 15.7 Å². The van der Waals surface area contributed by atoms with E-state index in [4.69, 9.17) is 6.57 Å². The fraction of sp³-hybridized carbons (Fsp3) is 0.286. The van der Waals surface area contributed by atoms with Crippen molar-refractivity contribution < 1.29 is 18.3 Å². The van der Waals surface area contributed by atoms with E-state index in [2.05, 4.69) is 14.7 Å². The van der Waals surface area contributed by atoms with E-state index >= 15 is 0 Å². The molecule has 1 heterocycles. The van der Waals surface area contributed by atoms with E-state index in [1.54, 1.807) is 23.7 Å². The number of esters is 1. The van der Waals surface area contributed by atoms with Crippen LogP contribution < -0.4 is 0 Å². The van der Waals surface area contributed by atoms with Gasteiger partial charge in [-0.25, -0.2) is 9.64 Å². The molecule has 0 atom stereocenters. The molecule has 3 aromatic rings. The van der Waals surface area contributed by atoms with Crippen molar-refractivity contribution >= 4 is 22.6 Å². The zero-order valence-corrected chi connectivity index (χ0v) is 15.8. The first-order valence-electron chi connectivity index (χ1n) is 8.78. The second-order valence-electron chi connectivity index (χ2n) is 6.45. The minimum absolute atomic E-state index is 0.125. The number of aromatic nitrogens is 2. The van der Waals surface area contributed by atoms with Crippen LogP contribution in [0.4, 0.5) is 14.5 Å². The minimum Gasteiger partial charge on any atom is -0.461 e. The predicted octanol–water partition coefficient (Wildman–Crippen LogP) is 4.91. The Kier molecular flexibility index (Phi) is 5.14. The number of nitrogens with zero attached hydrogens (tertiary/aromatic N) is 3. The second kappa shape index (κ2) is 7.39. The van der Waals surface area contributed by atoms with Crippen LogP contribution in [-0.4, -0.2) is 22.4 Å². The summed E-state index contributed by atoms with van der Waals surface area (Å²) in [5.41, 5.74) is 2.90. The molecule has 0 radical (unpaired) electrons. The Morgan fingerprint density at radius 3 is 2.71 bits per heavy atom. The molecule has 0 aliphatic rings. The van der Waals surface area contributed by atoms with Crippen molar-refractivity contribution in [3.8, 4) is 0 Å². The average Bonchev–Trinajstić information content (AvgIpc) is 2.98. The molecular formula is C21H19F2N3O2. The molecule has 0 saturated carbocycles. The van der Waals surface area contributed by atoms with Crippen molar-refractivity contribution in [1.29, 1.82) is 0 Å². The number of fused-ring (bicyclic) bond motifs is 1. The third-order valence-corrected chi connectivity index (χ3v) is 4.64. The summed E-state index contributed by atoms with van der Waals surface area (Å²) in [6, 6.07) is 9.43. The van der Waals surface area contributed by atoms with Crippen LogP contribution in [0.15, 0.2) is 36.4 Å². The normalized spacial score (nSPS) is 11.4. The molecule has 0 spiro atoms. The summed E-state index contributed by atoms with van der Waals surface area (Å²) >= 11 is 0. The highest BCUT2D eigenvalue weighted by Gasteiger charge is 2.43. The largest absolute Gasteiger partial charge is 0.461 e. The van der Waals surface area contributed by atoms with Gasteiger partial charge in [-0.2, -0.15) is 13.9 Å². The summed E-state index contributed by atoms with van der Waals surface area (Å²) in [6.45, 7) is 12.7. The number of alkyl halides is 2. The van der Waals surface area contributed by atoms with Crippen molar-refractivity contribution in [3.63, 3.8) is 0 Å². The second-order valence-corrected chi connectivity index (χ2v) is 6.45. The Morgan fingerprint density at radius 1 is 1.29 bits per heavy atom. The van der Waals surface area contributed by atoms with E-state index < -0.39 is 17.5 Å². The van der Waals surface area contributed by atoms with Crippen LogP contribution in [0, 0.1) is 20.4 Å². The van der Waals surface area contributed by atoms with E-state index in [1.807, 2.05) is 13.0 Å². The van der Waals surface area contributed by atoms with Gasteiger partial charge in [-0.3, -0.25) is 4.68 Å². The number of hydrogen-bond acceptors (Lipinski definition) is 3. The fourth-order valence-corrected chi connectivity index (χ4v) is 3.14. The van der Waals surface area contributed by atoms with E-state index in [9.17, 15) is 13.6 Å². The summed E-state index contributed by atoms with van der Waals surface area (Å²) in [5, 5.41) is 5.17. The monoisotopic (exact) mass is 383 g/mol. The molecule has 0 aliphatic heterocycles. The van der Waals surface area contributed by atoms with Crippen LogP contribution in [0.2, 0.25) is 0 Å². The molecule has 0 aliphatic carbocycles. The molecule has 28 heavy (non-hydrogen) atoms. The molecule has 0 amide bonds. The maximum absolute atomic E-state index is 14.5. The van der Waals surface area contributed by atoms with Gasteiger partial charge in [0.1, 0.15) is 0 Å². The Labute approximate surface area is 161 Å². The molecule has 0 unspecified atom stereocenters. The standard InChI is InChI=1S/C21H19F2N3O2/c1-5-28-20(27)21(22,23)15-9-10-16-14(3)25-26(19(16)11-15)12-17-13(2)7-6-8-18(17)24-4/h6-11H,5,12H2,1-3H3. The van der Waals surface area contributed by atoms with Gasteiger partial charge >= 0.3 is 11.9 Å². The first kappa shape index (κ1) is 19.5. The third-order valence-electron chi connectivity index (χ3n) is 4.64. The van der Waals surface area contributed by atoms with Gasteiger partial charge < -0.3 is 4.74 Å². The maximum atomic E-state index is 14.5. The molecule has 3 rings (SSSR count). The SMILES string of the molecule is [C-]#[N+]c1cccc(C)c1Cn1nc(C)c2ccc(C(F)(F)C(=O)OCC)cc21. The van der Waals surface area contributed by atoms with Crippen molar-refractivity contribution in [2.24, 2.45) is 0 Å². The highest BCUT2D eigenvalue weighted by Crippen LogP contribution is 2.33. The van der Waals surface area contributed by atoms with Gasteiger partial charge in [0.15, 0.2) is 5.69 Å². The first-order valence-corrected chi connectivity index (χ1v) is 8.78. The van der Waals surface area contributed by atoms with Crippen LogP contribution in [0.3, 0.4) is 0 Å². The molecule has 2 aromatic carbocycles. The van der Waals surface area contributed by atoms with Crippen molar-refractivity contribution in [2.75, 3.05) is 6.61 Å². The molecule has 0 N–H and O–H groups in total. The smallest absolute Gasteiger partial charge is 0.381 e. The van der Waals surface area contributed by atoms with E-state index in [-0.39, 0.29) is 13.2 Å². The number of rotatable bonds is 5. The maximum Gasteiger partial charge on any atom is 0.381 e. The summed E-state index contributed by atoms with van der Waals surface area (Å²) in [6.07, 6.45) is 0. The average molecular weight is 383 g/mol. The van der Waals surface area contributed by atoms with Gasteiger partial charge in [-0.05, 0) is 32.4 Å². The lowest BCUT2D eigenvalue weighted by Gasteiger charge is -2.15. The molecule has 5 nitrogen and oxygen atoms in total. The molecule has 7 heteroatoms. The van der Waals surface area contributed by atoms with E-state index in [0.29, 0.717) is 22.3 Å². The number of hydrogen-bond donors (Lipinski definition) is 0. The minimum atomic E-state index is -3.75. The summed E-state index contributed by atoms with van der Waals surface area (Å²) < 4.78 is 35.0. The van der Waals surface area contributed by atoms with Crippen LogP contribution >= 0.6 is 0 Å². The Morgan fingerprint density at radius 2 is 2.04 bits per heavy atom. The number of benzene rings is 2. The van der Waals surface area contributed by atoms with Gasteiger partial charge in [0.2, 0.25) is 0 Å². The zero-order chi connectivity index (χ0) is 20.5. The van der Waals surface area contributed by atoms with Crippen molar-refractivity contribution in [2.45, 2.75) is 33.2 Å². The van der Waals surface area contributed by atoms with E-state index in [1.165, 1.54) is 25.1 Å². The number of ether oxygens (including phenoxy) is 1. The molecule has 0 fully saturated rings. The van der Waals surface area contributed by atoms with Gasteiger partial charge in [0.05, 0.1) is 30.9 Å². The zero-order valence-electron chi connectivity index (χ0n) is 15.8. The van der Waals surface area contributed by atoms with Gasteiger partial charge in [-0.1, -0.05) is 35.9 Å². The number of carbonyl (C=O) groups excluding carboxylic acids is 1. The highest BCUT2D eigenvalue weighted by atomic mass is 19.3. The third kappa shape index (κ3) is 3.33. The quantitative estimate of drug-likeness (QED) is 0.465. The van der Waals surface area contributed by atoms with Crippen molar-refractivity contribution in [1.82, 2.24) is 9.78 Å². The lowest BCUT2D eigenvalue weighted by atomic mass is 10.0. The lowest BCUT2D eigenvalue weighted by Crippen LogP contribution is -2.28. The number of carbonyl (C=O) groups is 1. The number of halogens is 2. The predicted molar refractivity (Wildman–Crippen MR) is 102 cm³/mol. The first-order chi connectivity index (χ1) is 13.3. The topological polar surface area (TPSA) is 48.5 Å². The molecule has 0 bridgehead atoms. The Hall–Kier alpha value is -3.27. The van der Waals surface area contributed by atoms with Crippen LogP contribution in [0.1, 0.15) is 29.3 Å². The summed E-state index contributed by atoms with van der Waals surface area (Å²) in [7, 11) is 0. The Balaban J connectivity index is 2.11. The fourth-order valence-electron chi connectivity index (χ4n) is 3.14. The van der Waals surface area contributed by atoms with Gasteiger partial charge in [0, 0.05) is 10.9 Å². The van der Waals surface area contributed by atoms with Crippen LogP contribution in [0.5, 0.6) is 0 Å². The summed E-state index contributed by atoms with van der Waals surface area (Å²) in [5.74, 6) is -5.33. The van der Waals surface area contributed by atoms with E-state index in [0.717, 1.165) is 11.1 Å². The molecular weight excluding hydrogens is 364 g/mol.